The molecule has 0 heterocycles. The van der Waals surface area contributed by atoms with E-state index in [1.807, 2.05) is 18.2 Å². The first-order chi connectivity index (χ1) is 10.1. The summed E-state index contributed by atoms with van der Waals surface area (Å²) in [4.78, 5) is 21.5. The summed E-state index contributed by atoms with van der Waals surface area (Å²) < 4.78 is 5.44. The van der Waals surface area contributed by atoms with Crippen LogP contribution in [-0.2, 0) is 14.3 Å². The van der Waals surface area contributed by atoms with Crippen LogP contribution in [0.4, 0.5) is 0 Å². The second-order valence-electron chi connectivity index (χ2n) is 4.16. The van der Waals surface area contributed by atoms with Crippen LogP contribution in [0.5, 0.6) is 0 Å². The monoisotopic (exact) mass is 352 g/mol. The van der Waals surface area contributed by atoms with Gasteiger partial charge in [-0.3, -0.25) is 4.79 Å². The summed E-state index contributed by atoms with van der Waals surface area (Å²) in [6.45, 7) is 1.53. The predicted octanol–water partition coefficient (Wildman–Crippen LogP) is 4.42. The zero-order chi connectivity index (χ0) is 15.9. The van der Waals surface area contributed by atoms with Gasteiger partial charge in [-0.15, -0.1) is 0 Å². The van der Waals surface area contributed by atoms with E-state index >= 15 is 0 Å². The number of hydrogen-bond donors (Lipinski definition) is 0. The van der Waals surface area contributed by atoms with E-state index < -0.39 is 0 Å². The molecule has 0 aromatic carbocycles. The molecule has 0 aromatic heterocycles. The molecule has 0 spiro atoms. The van der Waals surface area contributed by atoms with Crippen LogP contribution in [0.2, 0.25) is 0 Å². The van der Waals surface area contributed by atoms with Gasteiger partial charge in [-0.2, -0.15) is 0 Å². The third-order valence-corrected chi connectivity index (χ3v) is 2.88. The number of rotatable bonds is 9. The summed E-state index contributed by atoms with van der Waals surface area (Å²) in [5, 5.41) is 0. The average Bonchev–Trinajstić information content (AvgIpc) is 2.45. The minimum Gasteiger partial charge on any atom is -0.466 e. The Bertz CT molecular complexity index is 468. The van der Waals surface area contributed by atoms with E-state index in [0.717, 1.165) is 23.7 Å². The number of hydrogen-bond acceptors (Lipinski definition) is 3. The van der Waals surface area contributed by atoms with Crippen molar-refractivity contribution in [1.82, 2.24) is 0 Å². The second kappa shape index (κ2) is 13.3. The number of esters is 1. The van der Waals surface area contributed by atoms with Gasteiger partial charge in [0.2, 0.25) is 0 Å². The number of ketones is 1. The van der Waals surface area contributed by atoms with Crippen LogP contribution in [-0.4, -0.2) is 18.9 Å². The van der Waals surface area contributed by atoms with Crippen LogP contribution < -0.4 is 0 Å². The van der Waals surface area contributed by atoms with Crippen molar-refractivity contribution in [2.75, 3.05) is 7.11 Å². The lowest BCUT2D eigenvalue weighted by atomic mass is 10.2. The largest absolute Gasteiger partial charge is 0.466 e. The Balaban J connectivity index is 3.88. The van der Waals surface area contributed by atoms with Gasteiger partial charge in [-0.25, -0.2) is 4.79 Å². The highest BCUT2D eigenvalue weighted by atomic mass is 79.9. The van der Waals surface area contributed by atoms with Gasteiger partial charge in [0.1, 0.15) is 0 Å². The zero-order valence-electron chi connectivity index (χ0n) is 12.4. The minimum absolute atomic E-state index is 0.0551. The average molecular weight is 353 g/mol. The van der Waals surface area contributed by atoms with Gasteiger partial charge in [0.25, 0.3) is 0 Å². The minimum atomic E-state index is -0.370. The van der Waals surface area contributed by atoms with E-state index in [-0.39, 0.29) is 11.8 Å². The summed E-state index contributed by atoms with van der Waals surface area (Å²) in [5.41, 5.74) is 0. The zero-order valence-corrected chi connectivity index (χ0v) is 14.0. The van der Waals surface area contributed by atoms with Gasteiger partial charge in [-0.1, -0.05) is 52.4 Å². The molecule has 0 fully saturated rings. The summed E-state index contributed by atoms with van der Waals surface area (Å²) in [6.07, 6.45) is 18.9. The number of ether oxygens (including phenoxy) is 1. The fourth-order valence-corrected chi connectivity index (χ4v) is 1.64. The maximum Gasteiger partial charge on any atom is 0.330 e. The molecular formula is C17H21BrO3. The molecule has 0 aliphatic heterocycles. The van der Waals surface area contributed by atoms with Crippen molar-refractivity contribution in [3.8, 4) is 0 Å². The van der Waals surface area contributed by atoms with E-state index in [2.05, 4.69) is 26.7 Å². The van der Waals surface area contributed by atoms with Crippen LogP contribution in [0, 0.1) is 0 Å². The number of halogens is 1. The van der Waals surface area contributed by atoms with Gasteiger partial charge >= 0.3 is 5.97 Å². The first-order valence-corrected chi connectivity index (χ1v) is 7.47. The molecule has 0 aromatic rings. The molecule has 21 heavy (non-hydrogen) atoms. The molecule has 4 heteroatoms. The van der Waals surface area contributed by atoms with Crippen molar-refractivity contribution in [2.24, 2.45) is 0 Å². The van der Waals surface area contributed by atoms with Gasteiger partial charge in [-0.05, 0) is 38.3 Å². The van der Waals surface area contributed by atoms with Crippen LogP contribution in [0.25, 0.3) is 0 Å². The van der Waals surface area contributed by atoms with E-state index in [4.69, 9.17) is 0 Å². The Kier molecular flexibility index (Phi) is 12.2. The quantitative estimate of drug-likeness (QED) is 0.267. The summed E-state index contributed by atoms with van der Waals surface area (Å²) >= 11 is 3.43. The molecule has 0 saturated carbocycles. The van der Waals surface area contributed by atoms with Crippen molar-refractivity contribution >= 4 is 27.7 Å². The molecule has 0 N–H and O–H groups in total. The van der Waals surface area contributed by atoms with Gasteiger partial charge in [0, 0.05) is 10.6 Å². The maximum atomic E-state index is 10.8. The van der Waals surface area contributed by atoms with Crippen molar-refractivity contribution in [3.05, 3.63) is 59.2 Å². The van der Waals surface area contributed by atoms with Gasteiger partial charge in [0.05, 0.1) is 7.11 Å². The van der Waals surface area contributed by atoms with Crippen molar-refractivity contribution in [1.29, 1.82) is 0 Å². The molecule has 3 nitrogen and oxygen atoms in total. The van der Waals surface area contributed by atoms with E-state index in [0.29, 0.717) is 0 Å². The molecule has 0 aliphatic carbocycles. The number of methoxy groups -OCH3 is 1. The predicted molar refractivity (Wildman–Crippen MR) is 90.1 cm³/mol. The fourth-order valence-electron chi connectivity index (χ4n) is 1.26. The molecule has 0 unspecified atom stereocenters. The first-order valence-electron chi connectivity index (χ1n) is 6.68. The highest BCUT2D eigenvalue weighted by Crippen LogP contribution is 2.10. The number of carbonyl (C=O) groups is 2. The Morgan fingerprint density at radius 3 is 2.33 bits per heavy atom. The van der Waals surface area contributed by atoms with E-state index in [9.17, 15) is 9.59 Å². The topological polar surface area (TPSA) is 43.4 Å². The van der Waals surface area contributed by atoms with Crippen molar-refractivity contribution in [3.63, 3.8) is 0 Å². The molecular weight excluding hydrogens is 332 g/mol. The smallest absolute Gasteiger partial charge is 0.330 e. The summed E-state index contributed by atoms with van der Waals surface area (Å²) in [7, 11) is 1.34. The lowest BCUT2D eigenvalue weighted by molar-refractivity contribution is -0.134. The molecule has 0 atom stereocenters. The summed E-state index contributed by atoms with van der Waals surface area (Å²) in [6, 6.07) is 0. The van der Waals surface area contributed by atoms with Crippen LogP contribution in [0.15, 0.2) is 59.2 Å². The lowest BCUT2D eigenvalue weighted by Crippen LogP contribution is -1.92. The Morgan fingerprint density at radius 1 is 1.00 bits per heavy atom. The van der Waals surface area contributed by atoms with E-state index in [1.165, 1.54) is 20.1 Å². The van der Waals surface area contributed by atoms with Crippen LogP contribution in [0.1, 0.15) is 26.2 Å². The Labute approximate surface area is 134 Å². The van der Waals surface area contributed by atoms with Gasteiger partial charge < -0.3 is 4.74 Å². The molecule has 114 valence electrons. The van der Waals surface area contributed by atoms with Gasteiger partial charge in [0.15, 0.2) is 5.78 Å². The highest BCUT2D eigenvalue weighted by molar-refractivity contribution is 9.11. The summed E-state index contributed by atoms with van der Waals surface area (Å²) in [5.74, 6) is -0.315. The molecule has 0 bridgehead atoms. The molecule has 0 aliphatic rings. The molecule has 0 radical (unpaired) electrons. The van der Waals surface area contributed by atoms with Crippen LogP contribution in [0.3, 0.4) is 0 Å². The Morgan fingerprint density at radius 2 is 1.67 bits per heavy atom. The Hall–Kier alpha value is -1.68. The van der Waals surface area contributed by atoms with Crippen molar-refractivity contribution < 1.29 is 14.3 Å². The van der Waals surface area contributed by atoms with Crippen molar-refractivity contribution in [2.45, 2.75) is 26.2 Å². The number of unbranched alkanes of at least 4 members (excludes halogenated alkanes) is 2. The third kappa shape index (κ3) is 14.5. The van der Waals surface area contributed by atoms with Crippen LogP contribution >= 0.6 is 15.9 Å². The molecule has 0 rings (SSSR count). The second-order valence-corrected chi connectivity index (χ2v) is 5.07. The molecule has 0 saturated heterocycles. The first kappa shape index (κ1) is 19.3. The standard InChI is InChI=1S/C17H21BrO3/c1-15(19)11-7-5-3-4-6-8-12-16(18)13-9-10-14-17(20)21-2/h3,5,7,9-14H,4,6,8H2,1-2H3/b5-3+,11-7+,13-9+,14-10-,16-12-. The maximum absolute atomic E-state index is 10.8. The highest BCUT2D eigenvalue weighted by Gasteiger charge is 1.88. The number of allylic oxidation sites excluding steroid dienone is 9. The number of carbonyl (C=O) groups excluding carboxylic acids is 2. The molecule has 0 amide bonds. The van der Waals surface area contributed by atoms with E-state index in [1.54, 1.807) is 24.3 Å². The normalized spacial score (nSPS) is 13.0. The SMILES string of the molecule is COC(=O)\C=C/C=C/C(Br)=C/CCC/C=C/C=C/C(C)=O. The lowest BCUT2D eigenvalue weighted by Gasteiger charge is -1.92. The fraction of sp³-hybridized carbons (Fsp3) is 0.294. The third-order valence-electron chi connectivity index (χ3n) is 2.29.